The molecule has 0 bridgehead atoms. The van der Waals surface area contributed by atoms with Gasteiger partial charge in [-0.1, -0.05) is 194 Å². The minimum Gasteiger partial charge on any atom is -0.449 e. The Morgan fingerprint density at radius 1 is 0.242 bits per heavy atom. The van der Waals surface area contributed by atoms with Gasteiger partial charge in [0.25, 0.3) is 0 Å². The molecule has 91 heavy (non-hydrogen) atoms. The van der Waals surface area contributed by atoms with Crippen LogP contribution in [-0.2, 0) is 44.8 Å². The van der Waals surface area contributed by atoms with E-state index in [0.29, 0.717) is 0 Å². The largest absolute Gasteiger partial charge is 1.00 e. The zero-order valence-corrected chi connectivity index (χ0v) is 58.4. The van der Waals surface area contributed by atoms with Crippen molar-refractivity contribution < 1.29 is 64.4 Å². The van der Waals surface area contributed by atoms with Gasteiger partial charge < -0.3 is 40.1 Å². The fourth-order valence-electron chi connectivity index (χ4n) is 10.0. The molecule has 0 aliphatic heterocycles. The average Bonchev–Trinajstić information content (AvgIpc) is 0.891. The van der Waals surface area contributed by atoms with Gasteiger partial charge in [0, 0.05) is 0 Å². The summed E-state index contributed by atoms with van der Waals surface area (Å²) in [7, 11) is -5.12. The van der Waals surface area contributed by atoms with Gasteiger partial charge >= 0.3 is 44.8 Å². The third-order valence-corrected chi connectivity index (χ3v) is 24.7. The number of benzene rings is 12. The van der Waals surface area contributed by atoms with Gasteiger partial charge in [-0.25, -0.2) is 0 Å². The number of hydrogen-bond donors (Lipinski definition) is 0. The summed E-state index contributed by atoms with van der Waals surface area (Å²) in [5, 5.41) is 45.5. The Morgan fingerprint density at radius 3 is 0.484 bits per heavy atom. The van der Waals surface area contributed by atoms with E-state index in [1.165, 1.54) is 63.7 Å². The smallest absolute Gasteiger partial charge is 0.449 e. The Bertz CT molecular complexity index is 3370. The Labute approximate surface area is 576 Å². The summed E-state index contributed by atoms with van der Waals surface area (Å²) in [6, 6.07) is 121. The number of para-hydroxylation sites is 4. The summed E-state index contributed by atoms with van der Waals surface area (Å²) in [4.78, 5) is 16.5. The van der Waals surface area contributed by atoms with E-state index in [2.05, 4.69) is 340 Å². The van der Waals surface area contributed by atoms with E-state index in [9.17, 15) is 0 Å². The fraction of sp³-hybridized carbons (Fsp3) is 0.0137. The van der Waals surface area contributed by atoms with Crippen molar-refractivity contribution in [1.29, 1.82) is 0 Å². The first kappa shape index (κ1) is 72.5. The van der Waals surface area contributed by atoms with Crippen LogP contribution in [0.25, 0.3) is 0 Å². The summed E-state index contributed by atoms with van der Waals surface area (Å²) < 4.78 is 13.9. The zero-order chi connectivity index (χ0) is 62.4. The van der Waals surface area contributed by atoms with Crippen molar-refractivity contribution in [3.05, 3.63) is 370 Å². The second-order valence-electron chi connectivity index (χ2n) is 19.2. The molecule has 12 aromatic carbocycles. The molecule has 464 valence electrons. The molecule has 0 atom stereocenters. The van der Waals surface area contributed by atoms with Crippen molar-refractivity contribution in [3.63, 3.8) is 0 Å². The standard InChI is InChI=1S/2C36H28OP2.CH2Cl2.2Au.2NO3/c2*1-5-17-29(18-6-1)38(30-19-7-2-8-20-30)35-27-15-13-25-33(35)37-34-26-14-16-28-36(34)39(31-21-9-3-10-22-31)32-23-11-4-12-24-32;2-1-3;;;2*2-1(3)4/h2*1-28H;1H2;;;;/q;;;2*+1;2*-1/p+4. The minimum absolute atomic E-state index is 0. The third kappa shape index (κ3) is 21.8. The second-order valence-corrected chi connectivity index (χ2v) is 29.7. The number of halogens is 2. The fourth-order valence-corrected chi connectivity index (χ4v) is 20.6. The van der Waals surface area contributed by atoms with Crippen molar-refractivity contribution in [2.75, 3.05) is 5.34 Å². The summed E-state index contributed by atoms with van der Waals surface area (Å²) in [6.45, 7) is 0. The van der Waals surface area contributed by atoms with Crippen LogP contribution >= 0.6 is 54.9 Å². The molecule has 10 nitrogen and oxygen atoms in total. The van der Waals surface area contributed by atoms with E-state index in [-0.39, 0.29) is 50.1 Å². The van der Waals surface area contributed by atoms with Crippen molar-refractivity contribution in [2.45, 2.75) is 0 Å². The number of rotatable bonds is 16. The summed E-state index contributed by atoms with van der Waals surface area (Å²) in [6.07, 6.45) is 0. The van der Waals surface area contributed by atoms with E-state index >= 15 is 0 Å². The summed E-state index contributed by atoms with van der Waals surface area (Å²) in [5.41, 5.74) is 0. The molecule has 0 aromatic heterocycles. The number of hydrogen-bond acceptors (Lipinski definition) is 8. The normalized spacial score (nSPS) is 10.2. The van der Waals surface area contributed by atoms with Crippen LogP contribution in [0, 0.1) is 30.6 Å². The van der Waals surface area contributed by atoms with Crippen molar-refractivity contribution in [2.24, 2.45) is 0 Å². The average molecular weight is 1680 g/mol. The molecule has 0 amide bonds. The van der Waals surface area contributed by atoms with Crippen LogP contribution < -0.4 is 73.1 Å². The second kappa shape index (κ2) is 39.6. The van der Waals surface area contributed by atoms with Gasteiger partial charge in [0.2, 0.25) is 0 Å². The molecule has 0 saturated carbocycles. The van der Waals surface area contributed by atoms with E-state index in [0.717, 1.165) is 23.0 Å². The van der Waals surface area contributed by atoms with Crippen LogP contribution in [0.3, 0.4) is 0 Å². The molecule has 0 aliphatic rings. The first-order valence-electron chi connectivity index (χ1n) is 28.0. The minimum atomic E-state index is -1.75. The van der Waals surface area contributed by atoms with Crippen molar-refractivity contribution in [3.8, 4) is 23.0 Å². The Morgan fingerprint density at radius 2 is 0.352 bits per heavy atom. The van der Waals surface area contributed by atoms with Crippen LogP contribution in [-0.4, -0.2) is 15.5 Å². The maximum atomic E-state index is 8.25. The zero-order valence-electron chi connectivity index (χ0n) is 48.6. The molecule has 18 heteroatoms. The van der Waals surface area contributed by atoms with Crippen molar-refractivity contribution in [1.82, 2.24) is 0 Å². The van der Waals surface area contributed by atoms with Gasteiger partial charge in [0.05, 0.1) is 15.5 Å². The quantitative estimate of drug-likeness (QED) is 0.0305. The molecule has 0 saturated heterocycles. The molecular formula is C73H62Au2Cl2N2O8P4+4. The molecule has 0 heterocycles. The molecule has 0 radical (unpaired) electrons. The number of alkyl halides is 2. The Balaban J connectivity index is 0.000000245. The maximum Gasteiger partial charge on any atom is 1.00 e. The predicted molar refractivity (Wildman–Crippen MR) is 384 cm³/mol. The van der Waals surface area contributed by atoms with Crippen LogP contribution in [0.2, 0.25) is 0 Å². The third-order valence-electron chi connectivity index (χ3n) is 13.6. The summed E-state index contributed by atoms with van der Waals surface area (Å²) >= 11 is 9.53. The first-order chi connectivity index (χ1) is 43.6. The van der Waals surface area contributed by atoms with Crippen LogP contribution in [0.1, 0.15) is 0 Å². The topological polar surface area (TPSA) is 151 Å². The van der Waals surface area contributed by atoms with E-state index in [4.69, 9.17) is 63.3 Å². The van der Waals surface area contributed by atoms with E-state index in [1.54, 1.807) is 0 Å². The van der Waals surface area contributed by atoms with Gasteiger partial charge in [-0.05, 0) is 146 Å². The first-order valence-corrected chi connectivity index (χ1v) is 35.1. The van der Waals surface area contributed by atoms with E-state index < -0.39 is 41.9 Å². The maximum absolute atomic E-state index is 8.25. The van der Waals surface area contributed by atoms with Gasteiger partial charge in [-0.2, -0.15) is 0 Å². The Hall–Kier alpha value is -7.58. The molecule has 12 rings (SSSR count). The Kier molecular flexibility index (Phi) is 31.6. The molecule has 12 aromatic rings. The number of ether oxygens (including phenoxy) is 2. The van der Waals surface area contributed by atoms with Crippen LogP contribution in [0.5, 0.6) is 23.0 Å². The van der Waals surface area contributed by atoms with Crippen LogP contribution in [0.15, 0.2) is 340 Å². The van der Waals surface area contributed by atoms with E-state index in [1.807, 2.05) is 0 Å². The molecule has 0 fully saturated rings. The van der Waals surface area contributed by atoms with Gasteiger partial charge in [-0.3, -0.25) is 0 Å². The van der Waals surface area contributed by atoms with Gasteiger partial charge in [0.1, 0.15) is 95.3 Å². The van der Waals surface area contributed by atoms with Crippen LogP contribution in [0.4, 0.5) is 0 Å². The predicted octanol–water partition coefficient (Wildman–Crippen LogP) is 13.9. The molecule has 0 spiro atoms. The van der Waals surface area contributed by atoms with Gasteiger partial charge in [0.15, 0.2) is 23.0 Å². The molecule has 0 unspecified atom stereocenters. The molecule has 0 N–H and O–H groups in total. The van der Waals surface area contributed by atoms with Crippen molar-refractivity contribution >= 4 is 119 Å². The monoisotopic (exact) mass is 1680 g/mol. The molecular weight excluding hydrogens is 1620 g/mol. The van der Waals surface area contributed by atoms with Gasteiger partial charge in [-0.15, -0.1) is 23.2 Å². The SMILES string of the molecule is ClCCl.O=[N+]([O-])[O-].O=[N+]([O-])[O-].[Au+].[Au+].c1ccc([PH+](c2ccccc2)c2ccccc2Oc2ccccc2[PH+](c2ccccc2)c2ccccc2)cc1.c1ccc([PH+](c2ccccc2)c2ccccc2Oc2ccccc2[PH+](c2ccccc2)c2ccccc2)cc1. The molecule has 0 aliphatic carbocycles. The summed E-state index contributed by atoms with van der Waals surface area (Å²) in [5.74, 6) is 3.70. The number of nitrogens with zero attached hydrogens (tertiary/aromatic N) is 2.